The van der Waals surface area contributed by atoms with E-state index in [2.05, 4.69) is 20.3 Å². The van der Waals surface area contributed by atoms with Crippen molar-refractivity contribution in [3.05, 3.63) is 29.2 Å². The van der Waals surface area contributed by atoms with Gasteiger partial charge in [-0.2, -0.15) is 0 Å². The van der Waals surface area contributed by atoms with Crippen LogP contribution in [-0.2, 0) is 13.0 Å². The zero-order valence-electron chi connectivity index (χ0n) is 8.10. The van der Waals surface area contributed by atoms with Crippen molar-refractivity contribution in [3.63, 3.8) is 0 Å². The Morgan fingerprint density at radius 3 is 3.13 bits per heavy atom. The lowest BCUT2D eigenvalue weighted by Gasteiger charge is -2.09. The Balaban J connectivity index is 2.03. The van der Waals surface area contributed by atoms with Gasteiger partial charge in [0.15, 0.2) is 0 Å². The van der Waals surface area contributed by atoms with E-state index >= 15 is 0 Å². The van der Waals surface area contributed by atoms with Crippen LogP contribution in [0.4, 0.5) is 0 Å². The highest BCUT2D eigenvalue weighted by Crippen LogP contribution is 2.27. The number of nitrogens with one attached hydrogen (secondary N) is 1. The van der Waals surface area contributed by atoms with Gasteiger partial charge in [0.25, 0.3) is 0 Å². The van der Waals surface area contributed by atoms with Gasteiger partial charge in [-0.1, -0.05) is 0 Å². The minimum Gasteiger partial charge on any atom is -0.311 e. The number of thiazole rings is 1. The van der Waals surface area contributed by atoms with Gasteiger partial charge in [0.2, 0.25) is 0 Å². The highest BCUT2D eigenvalue weighted by molar-refractivity contribution is 7.15. The fourth-order valence-electron chi connectivity index (χ4n) is 1.64. The lowest BCUT2D eigenvalue weighted by Crippen LogP contribution is -2.22. The molecular formula is C10H10N4S. The summed E-state index contributed by atoms with van der Waals surface area (Å²) in [6.07, 6.45) is 6.16. The van der Waals surface area contributed by atoms with E-state index < -0.39 is 0 Å². The molecule has 0 saturated carbocycles. The third-order valence-corrected chi connectivity index (χ3v) is 3.50. The Kier molecular flexibility index (Phi) is 2.19. The highest BCUT2D eigenvalue weighted by Gasteiger charge is 2.15. The summed E-state index contributed by atoms with van der Waals surface area (Å²) in [4.78, 5) is 14.2. The van der Waals surface area contributed by atoms with E-state index in [-0.39, 0.29) is 0 Å². The van der Waals surface area contributed by atoms with E-state index in [1.165, 1.54) is 10.6 Å². The Bertz CT molecular complexity index is 442. The molecule has 3 heterocycles. The van der Waals surface area contributed by atoms with Gasteiger partial charge >= 0.3 is 0 Å². The van der Waals surface area contributed by atoms with Crippen molar-refractivity contribution >= 4 is 11.3 Å². The van der Waals surface area contributed by atoms with Gasteiger partial charge in [-0.3, -0.25) is 9.97 Å². The molecule has 0 bridgehead atoms. The van der Waals surface area contributed by atoms with Crippen molar-refractivity contribution in [1.29, 1.82) is 0 Å². The SMILES string of the molecule is c1cnc(-c2nc3c(s2)CNCC3)cn1. The first-order chi connectivity index (χ1) is 7.43. The molecular weight excluding hydrogens is 208 g/mol. The lowest BCUT2D eigenvalue weighted by molar-refractivity contribution is 0.644. The van der Waals surface area contributed by atoms with Crippen LogP contribution in [0.2, 0.25) is 0 Å². The highest BCUT2D eigenvalue weighted by atomic mass is 32.1. The van der Waals surface area contributed by atoms with Crippen molar-refractivity contribution in [1.82, 2.24) is 20.3 Å². The van der Waals surface area contributed by atoms with Crippen LogP contribution in [-0.4, -0.2) is 21.5 Å². The average molecular weight is 218 g/mol. The van der Waals surface area contributed by atoms with Gasteiger partial charge in [-0.05, 0) is 0 Å². The molecule has 0 amide bonds. The van der Waals surface area contributed by atoms with Crippen LogP contribution in [0.25, 0.3) is 10.7 Å². The first kappa shape index (κ1) is 8.94. The molecule has 4 nitrogen and oxygen atoms in total. The molecule has 2 aromatic rings. The Morgan fingerprint density at radius 1 is 1.33 bits per heavy atom. The second kappa shape index (κ2) is 3.67. The normalized spacial score (nSPS) is 14.9. The fourth-order valence-corrected chi connectivity index (χ4v) is 2.68. The standard InChI is InChI=1S/C10H10N4S/c1-2-11-6-9-7(1)14-10(15-9)8-5-12-3-4-13-8/h3-5,11H,1-2,6H2. The van der Waals surface area contributed by atoms with E-state index in [0.29, 0.717) is 0 Å². The molecule has 1 N–H and O–H groups in total. The van der Waals surface area contributed by atoms with Crippen molar-refractivity contribution in [3.8, 4) is 10.7 Å². The van der Waals surface area contributed by atoms with E-state index in [4.69, 9.17) is 0 Å². The largest absolute Gasteiger partial charge is 0.311 e. The molecule has 0 fully saturated rings. The van der Waals surface area contributed by atoms with Gasteiger partial charge in [-0.15, -0.1) is 11.3 Å². The van der Waals surface area contributed by atoms with Crippen LogP contribution in [0.5, 0.6) is 0 Å². The van der Waals surface area contributed by atoms with Gasteiger partial charge in [-0.25, -0.2) is 4.98 Å². The summed E-state index contributed by atoms with van der Waals surface area (Å²) in [5.74, 6) is 0. The third-order valence-electron chi connectivity index (χ3n) is 2.38. The molecule has 76 valence electrons. The predicted molar refractivity (Wildman–Crippen MR) is 58.6 cm³/mol. The third kappa shape index (κ3) is 1.64. The van der Waals surface area contributed by atoms with Crippen LogP contribution in [0, 0.1) is 0 Å². The minimum absolute atomic E-state index is 0.872. The maximum absolute atomic E-state index is 4.60. The monoisotopic (exact) mass is 218 g/mol. The second-order valence-electron chi connectivity index (χ2n) is 3.41. The van der Waals surface area contributed by atoms with Gasteiger partial charge < -0.3 is 5.32 Å². The van der Waals surface area contributed by atoms with Crippen molar-refractivity contribution in [2.45, 2.75) is 13.0 Å². The van der Waals surface area contributed by atoms with E-state index in [9.17, 15) is 0 Å². The molecule has 1 aliphatic rings. The Hall–Kier alpha value is -1.33. The summed E-state index contributed by atoms with van der Waals surface area (Å²) in [6.45, 7) is 1.96. The summed E-state index contributed by atoms with van der Waals surface area (Å²) in [6, 6.07) is 0. The lowest BCUT2D eigenvalue weighted by atomic mass is 10.2. The zero-order valence-corrected chi connectivity index (χ0v) is 8.92. The van der Waals surface area contributed by atoms with Crippen LogP contribution >= 0.6 is 11.3 Å². The molecule has 0 atom stereocenters. The average Bonchev–Trinajstić information content (AvgIpc) is 2.74. The number of hydrogen-bond acceptors (Lipinski definition) is 5. The van der Waals surface area contributed by atoms with E-state index in [0.717, 1.165) is 30.2 Å². The number of aromatic nitrogens is 3. The second-order valence-corrected chi connectivity index (χ2v) is 4.49. The number of fused-ring (bicyclic) bond motifs is 1. The summed E-state index contributed by atoms with van der Waals surface area (Å²) < 4.78 is 0. The molecule has 3 rings (SSSR count). The predicted octanol–water partition coefficient (Wildman–Crippen LogP) is 1.25. The maximum Gasteiger partial charge on any atom is 0.144 e. The Labute approximate surface area is 91.4 Å². The molecule has 0 radical (unpaired) electrons. The first-order valence-corrected chi connectivity index (χ1v) is 5.71. The molecule has 0 unspecified atom stereocenters. The number of rotatable bonds is 1. The summed E-state index contributed by atoms with van der Waals surface area (Å²) in [5.41, 5.74) is 2.09. The van der Waals surface area contributed by atoms with Gasteiger partial charge in [0, 0.05) is 36.8 Å². The Morgan fingerprint density at radius 2 is 2.33 bits per heavy atom. The summed E-state index contributed by atoms with van der Waals surface area (Å²) >= 11 is 1.71. The fraction of sp³-hybridized carbons (Fsp3) is 0.300. The van der Waals surface area contributed by atoms with Crippen molar-refractivity contribution in [2.75, 3.05) is 6.54 Å². The first-order valence-electron chi connectivity index (χ1n) is 4.89. The number of hydrogen-bond donors (Lipinski definition) is 1. The van der Waals surface area contributed by atoms with Crippen LogP contribution < -0.4 is 5.32 Å². The molecule has 0 aliphatic carbocycles. The molecule has 1 aliphatic heterocycles. The zero-order chi connectivity index (χ0) is 10.1. The molecule has 5 heteroatoms. The topological polar surface area (TPSA) is 50.7 Å². The quantitative estimate of drug-likeness (QED) is 0.782. The van der Waals surface area contributed by atoms with Crippen molar-refractivity contribution < 1.29 is 0 Å². The summed E-state index contributed by atoms with van der Waals surface area (Å²) in [7, 11) is 0. The maximum atomic E-state index is 4.60. The smallest absolute Gasteiger partial charge is 0.144 e. The molecule has 0 spiro atoms. The van der Waals surface area contributed by atoms with Gasteiger partial charge in [0.05, 0.1) is 11.9 Å². The van der Waals surface area contributed by atoms with Crippen LogP contribution in [0.3, 0.4) is 0 Å². The molecule has 15 heavy (non-hydrogen) atoms. The molecule has 0 aromatic carbocycles. The molecule has 0 saturated heterocycles. The van der Waals surface area contributed by atoms with E-state index in [1.807, 2.05) is 0 Å². The van der Waals surface area contributed by atoms with Crippen LogP contribution in [0.1, 0.15) is 10.6 Å². The van der Waals surface area contributed by atoms with E-state index in [1.54, 1.807) is 29.9 Å². The number of nitrogens with zero attached hydrogens (tertiary/aromatic N) is 3. The molecule has 2 aromatic heterocycles. The summed E-state index contributed by atoms with van der Waals surface area (Å²) in [5, 5.41) is 4.32. The van der Waals surface area contributed by atoms with Crippen LogP contribution in [0.15, 0.2) is 18.6 Å². The van der Waals surface area contributed by atoms with Crippen molar-refractivity contribution in [2.24, 2.45) is 0 Å². The van der Waals surface area contributed by atoms with Gasteiger partial charge in [0.1, 0.15) is 10.7 Å². The minimum atomic E-state index is 0.872.